The maximum atomic E-state index is 6.02. The molecule has 0 radical (unpaired) electrons. The smallest absolute Gasteiger partial charge is 0.212 e. The van der Waals surface area contributed by atoms with Crippen LogP contribution in [0, 0.1) is 0 Å². The van der Waals surface area contributed by atoms with Crippen molar-refractivity contribution in [3.8, 4) is 5.88 Å². The van der Waals surface area contributed by atoms with Gasteiger partial charge in [-0.1, -0.05) is 30.3 Å². The van der Waals surface area contributed by atoms with Gasteiger partial charge in [0.05, 0.1) is 18.3 Å². The highest BCUT2D eigenvalue weighted by atomic mass is 16.5. The summed E-state index contributed by atoms with van der Waals surface area (Å²) in [5.74, 6) is 0.824. The van der Waals surface area contributed by atoms with Crippen molar-refractivity contribution in [2.45, 2.75) is 32.0 Å². The quantitative estimate of drug-likeness (QED) is 0.891. The topological polar surface area (TPSA) is 48.3 Å². The summed E-state index contributed by atoms with van der Waals surface area (Å²) in [5, 5.41) is 7.82. The van der Waals surface area contributed by atoms with Gasteiger partial charge < -0.3 is 14.8 Å². The summed E-state index contributed by atoms with van der Waals surface area (Å²) in [5.41, 5.74) is 2.15. The summed E-state index contributed by atoms with van der Waals surface area (Å²) in [7, 11) is 1.92. The largest absolute Gasteiger partial charge is 0.473 e. The number of nitrogens with zero attached hydrogens (tertiary/aromatic N) is 2. The van der Waals surface area contributed by atoms with Crippen LogP contribution in [0.15, 0.2) is 36.4 Å². The molecule has 0 saturated carbocycles. The molecule has 1 unspecified atom stereocenters. The number of hydrogen-bond donors (Lipinski definition) is 1. The van der Waals surface area contributed by atoms with Crippen LogP contribution < -0.4 is 10.1 Å². The van der Waals surface area contributed by atoms with Gasteiger partial charge in [0.2, 0.25) is 5.88 Å². The predicted octanol–water partition coefficient (Wildman–Crippen LogP) is 2.53. The van der Waals surface area contributed by atoms with Crippen molar-refractivity contribution in [3.63, 3.8) is 0 Å². The second kappa shape index (κ2) is 7.42. The van der Waals surface area contributed by atoms with Crippen molar-refractivity contribution in [2.24, 2.45) is 0 Å². The zero-order valence-corrected chi connectivity index (χ0v) is 13.0. The van der Waals surface area contributed by atoms with Crippen LogP contribution in [0.1, 0.15) is 30.1 Å². The van der Waals surface area contributed by atoms with Gasteiger partial charge in [0.1, 0.15) is 6.61 Å². The molecule has 1 aliphatic heterocycles. The van der Waals surface area contributed by atoms with E-state index in [9.17, 15) is 0 Å². The molecule has 5 heteroatoms. The van der Waals surface area contributed by atoms with E-state index in [4.69, 9.17) is 9.47 Å². The zero-order valence-electron chi connectivity index (χ0n) is 13.0. The van der Waals surface area contributed by atoms with Crippen LogP contribution in [0.3, 0.4) is 0 Å². The maximum absolute atomic E-state index is 6.02. The first-order valence-electron chi connectivity index (χ1n) is 7.84. The summed E-state index contributed by atoms with van der Waals surface area (Å²) in [6.07, 6.45) is 2.16. The van der Waals surface area contributed by atoms with Gasteiger partial charge in [-0.25, -0.2) is 4.68 Å². The molecule has 3 rings (SSSR count). The van der Waals surface area contributed by atoms with E-state index in [0.717, 1.165) is 43.1 Å². The van der Waals surface area contributed by atoms with Gasteiger partial charge in [0.25, 0.3) is 0 Å². The van der Waals surface area contributed by atoms with Crippen molar-refractivity contribution in [2.75, 3.05) is 20.3 Å². The Bertz CT molecular complexity index is 577. The molecule has 1 aliphatic rings. The molecule has 1 N–H and O–H groups in total. The third-order valence-corrected chi connectivity index (χ3v) is 3.82. The zero-order chi connectivity index (χ0) is 15.2. The fourth-order valence-electron chi connectivity index (χ4n) is 2.71. The molecule has 2 heterocycles. The molecular weight excluding hydrogens is 278 g/mol. The Labute approximate surface area is 131 Å². The van der Waals surface area contributed by atoms with Crippen molar-refractivity contribution in [3.05, 3.63) is 47.7 Å². The molecule has 1 saturated heterocycles. The van der Waals surface area contributed by atoms with Gasteiger partial charge in [0, 0.05) is 19.2 Å². The van der Waals surface area contributed by atoms with Gasteiger partial charge in [-0.15, -0.1) is 0 Å². The van der Waals surface area contributed by atoms with Gasteiger partial charge in [-0.3, -0.25) is 0 Å². The van der Waals surface area contributed by atoms with Gasteiger partial charge >= 0.3 is 0 Å². The predicted molar refractivity (Wildman–Crippen MR) is 84.9 cm³/mol. The minimum atomic E-state index is 0.269. The number of benzene rings is 1. The van der Waals surface area contributed by atoms with Gasteiger partial charge in [0.15, 0.2) is 0 Å². The van der Waals surface area contributed by atoms with E-state index in [0.29, 0.717) is 13.2 Å². The van der Waals surface area contributed by atoms with Crippen molar-refractivity contribution < 1.29 is 9.47 Å². The fourth-order valence-corrected chi connectivity index (χ4v) is 2.71. The first kappa shape index (κ1) is 15.1. The molecule has 1 aromatic carbocycles. The Balaban J connectivity index is 1.75. The van der Waals surface area contributed by atoms with Crippen LogP contribution in [-0.4, -0.2) is 30.0 Å². The van der Waals surface area contributed by atoms with Crippen LogP contribution in [0.2, 0.25) is 0 Å². The molecule has 2 aromatic rings. The van der Waals surface area contributed by atoms with Gasteiger partial charge in [-0.05, 0) is 25.5 Å². The van der Waals surface area contributed by atoms with Crippen molar-refractivity contribution >= 4 is 0 Å². The first-order chi connectivity index (χ1) is 10.9. The molecule has 0 amide bonds. The van der Waals surface area contributed by atoms with E-state index in [1.807, 2.05) is 36.0 Å². The maximum Gasteiger partial charge on any atom is 0.212 e. The summed E-state index contributed by atoms with van der Waals surface area (Å²) in [4.78, 5) is 0. The Kier molecular flexibility index (Phi) is 5.08. The van der Waals surface area contributed by atoms with Crippen LogP contribution in [0.4, 0.5) is 0 Å². The summed E-state index contributed by atoms with van der Waals surface area (Å²) in [6.45, 7) is 2.85. The summed E-state index contributed by atoms with van der Waals surface area (Å²) >= 11 is 0. The van der Waals surface area contributed by atoms with Crippen molar-refractivity contribution in [1.82, 2.24) is 15.1 Å². The number of hydrogen-bond acceptors (Lipinski definition) is 4. The lowest BCUT2D eigenvalue weighted by molar-refractivity contribution is 0.0505. The number of aromatic nitrogens is 2. The third kappa shape index (κ3) is 3.67. The van der Waals surface area contributed by atoms with Crippen molar-refractivity contribution in [1.29, 1.82) is 0 Å². The second-order valence-corrected chi connectivity index (χ2v) is 5.59. The Morgan fingerprint density at radius 1 is 1.36 bits per heavy atom. The first-order valence-corrected chi connectivity index (χ1v) is 7.84. The van der Waals surface area contributed by atoms with E-state index in [1.165, 1.54) is 0 Å². The Morgan fingerprint density at radius 3 is 2.95 bits per heavy atom. The number of ether oxygens (including phenoxy) is 2. The summed E-state index contributed by atoms with van der Waals surface area (Å²) < 4.78 is 13.6. The van der Waals surface area contributed by atoms with Gasteiger partial charge in [-0.2, -0.15) is 5.10 Å². The highest BCUT2D eigenvalue weighted by molar-refractivity contribution is 5.19. The van der Waals surface area contributed by atoms with E-state index in [-0.39, 0.29) is 6.04 Å². The average Bonchev–Trinajstić information content (AvgIpc) is 2.98. The fraction of sp³-hybridized carbons (Fsp3) is 0.471. The molecule has 1 fully saturated rings. The van der Waals surface area contributed by atoms with Crippen LogP contribution in [-0.2, 0) is 17.9 Å². The van der Waals surface area contributed by atoms with Crippen LogP contribution in [0.5, 0.6) is 5.88 Å². The lowest BCUT2D eigenvalue weighted by Crippen LogP contribution is -2.23. The normalized spacial score (nSPS) is 18.3. The Hall–Kier alpha value is -1.85. The molecule has 118 valence electrons. The van der Waals surface area contributed by atoms with Crippen LogP contribution >= 0.6 is 0 Å². The van der Waals surface area contributed by atoms with E-state index >= 15 is 0 Å². The molecule has 0 spiro atoms. The molecule has 1 aromatic heterocycles. The lowest BCUT2D eigenvalue weighted by Gasteiger charge is -2.24. The standard InChI is InChI=1S/C17H23N3O2/c1-18-11-15-10-17(22-12-14-6-3-2-4-7-14)20(19-15)16-8-5-9-21-13-16/h2-4,6-7,10,16,18H,5,8-9,11-13H2,1H3. The lowest BCUT2D eigenvalue weighted by atomic mass is 10.1. The molecule has 1 atom stereocenters. The second-order valence-electron chi connectivity index (χ2n) is 5.59. The van der Waals surface area contributed by atoms with E-state index < -0.39 is 0 Å². The highest BCUT2D eigenvalue weighted by Gasteiger charge is 2.21. The molecule has 0 aliphatic carbocycles. The minimum Gasteiger partial charge on any atom is -0.473 e. The Morgan fingerprint density at radius 2 is 2.23 bits per heavy atom. The molecule has 0 bridgehead atoms. The molecular formula is C17H23N3O2. The van der Waals surface area contributed by atoms with E-state index in [1.54, 1.807) is 0 Å². The number of nitrogens with one attached hydrogen (secondary N) is 1. The average molecular weight is 301 g/mol. The molecule has 22 heavy (non-hydrogen) atoms. The summed E-state index contributed by atoms with van der Waals surface area (Å²) in [6, 6.07) is 12.5. The minimum absolute atomic E-state index is 0.269. The SMILES string of the molecule is CNCc1cc(OCc2ccccc2)n(C2CCCOC2)n1. The van der Waals surface area contributed by atoms with Crippen LogP contribution in [0.25, 0.3) is 0 Å². The number of rotatable bonds is 6. The third-order valence-electron chi connectivity index (χ3n) is 3.82. The highest BCUT2D eigenvalue weighted by Crippen LogP contribution is 2.26. The van der Waals surface area contributed by atoms with E-state index in [2.05, 4.69) is 22.5 Å². The molecule has 5 nitrogen and oxygen atoms in total. The monoisotopic (exact) mass is 301 g/mol.